The van der Waals surface area contributed by atoms with Crippen molar-refractivity contribution in [3.8, 4) is 0 Å². The van der Waals surface area contributed by atoms with E-state index in [1.54, 1.807) is 0 Å². The summed E-state index contributed by atoms with van der Waals surface area (Å²) < 4.78 is 31.7. The zero-order valence-electron chi connectivity index (χ0n) is 16.8. The van der Waals surface area contributed by atoms with Gasteiger partial charge in [-0.05, 0) is 12.0 Å². The van der Waals surface area contributed by atoms with Crippen LogP contribution in [-0.2, 0) is 16.0 Å². The lowest BCUT2D eigenvalue weighted by Gasteiger charge is -2.26. The van der Waals surface area contributed by atoms with Crippen LogP contribution in [0.2, 0.25) is 0 Å². The molecule has 1 atom stereocenters. The van der Waals surface area contributed by atoms with Gasteiger partial charge in [0.1, 0.15) is 0 Å². The Kier molecular flexibility index (Phi) is 12.0. The highest BCUT2D eigenvalue weighted by atomic mass is 19.4. The molecule has 8 nitrogen and oxygen atoms in total. The van der Waals surface area contributed by atoms with Crippen LogP contribution in [0.5, 0.6) is 0 Å². The Morgan fingerprint density at radius 2 is 1.40 bits per heavy atom. The molecule has 30 heavy (non-hydrogen) atoms. The predicted molar refractivity (Wildman–Crippen MR) is 107 cm³/mol. The summed E-state index contributed by atoms with van der Waals surface area (Å²) in [7, 11) is 0. The van der Waals surface area contributed by atoms with Crippen LogP contribution in [0.4, 0.5) is 13.2 Å². The number of alkyl halides is 3. The van der Waals surface area contributed by atoms with E-state index in [-0.39, 0.29) is 5.91 Å². The first-order valence-corrected chi connectivity index (χ1v) is 9.72. The van der Waals surface area contributed by atoms with Crippen molar-refractivity contribution in [2.45, 2.75) is 18.6 Å². The third-order valence-corrected chi connectivity index (χ3v) is 4.24. The lowest BCUT2D eigenvalue weighted by molar-refractivity contribution is -0.192. The summed E-state index contributed by atoms with van der Waals surface area (Å²) in [5.41, 5.74) is 7.26. The summed E-state index contributed by atoms with van der Waals surface area (Å²) >= 11 is 0. The smallest absolute Gasteiger partial charge is 0.475 e. The number of carboxylic acids is 1. The van der Waals surface area contributed by atoms with Crippen molar-refractivity contribution in [2.75, 3.05) is 52.4 Å². The molecule has 0 aromatic heterocycles. The summed E-state index contributed by atoms with van der Waals surface area (Å²) in [4.78, 5) is 23.4. The van der Waals surface area contributed by atoms with E-state index in [2.05, 4.69) is 16.0 Å². The molecule has 1 aliphatic heterocycles. The van der Waals surface area contributed by atoms with Gasteiger partial charge in [0.2, 0.25) is 5.91 Å². The highest BCUT2D eigenvalue weighted by Crippen LogP contribution is 2.13. The lowest BCUT2D eigenvalue weighted by atomic mass is 10.1. The average molecular weight is 433 g/mol. The van der Waals surface area contributed by atoms with Crippen LogP contribution in [0.25, 0.3) is 0 Å². The van der Waals surface area contributed by atoms with Gasteiger partial charge < -0.3 is 31.7 Å². The molecule has 1 aromatic carbocycles. The number of hydrogen-bond acceptors (Lipinski definition) is 6. The molecule has 2 rings (SSSR count). The first-order valence-electron chi connectivity index (χ1n) is 9.72. The number of amides is 1. The van der Waals surface area contributed by atoms with E-state index in [0.29, 0.717) is 19.5 Å². The van der Waals surface area contributed by atoms with Gasteiger partial charge in [-0.15, -0.1) is 0 Å². The Bertz CT molecular complexity index is 620. The zero-order valence-corrected chi connectivity index (χ0v) is 16.8. The van der Waals surface area contributed by atoms with Crippen molar-refractivity contribution in [2.24, 2.45) is 5.73 Å². The molecule has 0 unspecified atom stereocenters. The molecule has 1 amide bonds. The summed E-state index contributed by atoms with van der Waals surface area (Å²) in [5.74, 6) is -2.72. The molecule has 1 aromatic rings. The van der Waals surface area contributed by atoms with Crippen LogP contribution >= 0.6 is 0 Å². The number of carboxylic acid groups (broad SMARTS) is 1. The fraction of sp³-hybridized carbons (Fsp3) is 0.579. The number of benzene rings is 1. The number of rotatable bonds is 3. The summed E-state index contributed by atoms with van der Waals surface area (Å²) in [6.07, 6.45) is -4.50. The normalized spacial score (nSPS) is 17.5. The second kappa shape index (κ2) is 13.9. The highest BCUT2D eigenvalue weighted by molar-refractivity contribution is 5.82. The maximum atomic E-state index is 12.7. The van der Waals surface area contributed by atoms with Gasteiger partial charge in [0.05, 0.1) is 6.04 Å². The molecule has 0 radical (unpaired) electrons. The second-order valence-corrected chi connectivity index (χ2v) is 6.67. The number of halogens is 3. The van der Waals surface area contributed by atoms with E-state index in [9.17, 15) is 18.0 Å². The van der Waals surface area contributed by atoms with Crippen molar-refractivity contribution in [1.82, 2.24) is 20.9 Å². The molecule has 1 heterocycles. The maximum absolute atomic E-state index is 12.7. The maximum Gasteiger partial charge on any atom is 0.490 e. The summed E-state index contributed by atoms with van der Waals surface area (Å²) in [6, 6.07) is 9.47. The molecule has 0 aliphatic carbocycles. The molecule has 170 valence electrons. The standard InChI is InChI=1S/C17H29N5O.C2HF3O2/c18-16(14-15-4-2-1-3-5-15)17(23)22-12-10-20-8-6-19-7-9-21-11-13-22;3-2(4,5)1(6)7/h1-5,16,19-21H,6-14,18H2;(H,6,7)/t16-;/m1./s1. The van der Waals surface area contributed by atoms with Crippen LogP contribution in [0.3, 0.4) is 0 Å². The number of hydrogen-bond donors (Lipinski definition) is 5. The van der Waals surface area contributed by atoms with E-state index < -0.39 is 18.2 Å². The monoisotopic (exact) mass is 433 g/mol. The van der Waals surface area contributed by atoms with E-state index >= 15 is 0 Å². The molecule has 1 saturated heterocycles. The topological polar surface area (TPSA) is 120 Å². The van der Waals surface area contributed by atoms with Gasteiger partial charge in [0.15, 0.2) is 0 Å². The van der Waals surface area contributed by atoms with Gasteiger partial charge in [0, 0.05) is 52.4 Å². The highest BCUT2D eigenvalue weighted by Gasteiger charge is 2.38. The summed E-state index contributed by atoms with van der Waals surface area (Å²) in [5, 5.41) is 17.2. The Morgan fingerprint density at radius 3 is 1.83 bits per heavy atom. The molecule has 1 aliphatic rings. The molecule has 0 bridgehead atoms. The fourth-order valence-corrected chi connectivity index (χ4v) is 2.68. The molecule has 1 fully saturated rings. The minimum absolute atomic E-state index is 0.0348. The van der Waals surface area contributed by atoms with Crippen molar-refractivity contribution < 1.29 is 27.9 Å². The third-order valence-electron chi connectivity index (χ3n) is 4.24. The van der Waals surface area contributed by atoms with Gasteiger partial charge in [-0.25, -0.2) is 4.79 Å². The predicted octanol–water partition coefficient (Wildman–Crippen LogP) is -0.199. The number of aliphatic carboxylic acids is 1. The lowest BCUT2D eigenvalue weighted by Crippen LogP contribution is -2.50. The Balaban J connectivity index is 0.000000553. The van der Waals surface area contributed by atoms with Crippen LogP contribution in [0.1, 0.15) is 5.56 Å². The van der Waals surface area contributed by atoms with Crippen LogP contribution < -0.4 is 21.7 Å². The molecule has 0 spiro atoms. The number of nitrogens with two attached hydrogens (primary N) is 1. The second-order valence-electron chi connectivity index (χ2n) is 6.67. The van der Waals surface area contributed by atoms with E-state index in [1.807, 2.05) is 35.2 Å². The van der Waals surface area contributed by atoms with E-state index in [1.165, 1.54) is 0 Å². The van der Waals surface area contributed by atoms with Gasteiger partial charge in [-0.2, -0.15) is 13.2 Å². The van der Waals surface area contributed by atoms with Gasteiger partial charge in [-0.1, -0.05) is 30.3 Å². The molecule has 11 heteroatoms. The molecular weight excluding hydrogens is 403 g/mol. The third kappa shape index (κ3) is 11.1. The van der Waals surface area contributed by atoms with Crippen molar-refractivity contribution >= 4 is 11.9 Å². The number of carbonyl (C=O) groups is 2. The quantitative estimate of drug-likeness (QED) is 0.448. The average Bonchev–Trinajstić information content (AvgIpc) is 2.68. The number of carbonyl (C=O) groups excluding carboxylic acids is 1. The summed E-state index contributed by atoms with van der Waals surface area (Å²) in [6.45, 7) is 6.71. The fourth-order valence-electron chi connectivity index (χ4n) is 2.68. The first kappa shape index (κ1) is 25.8. The Morgan fingerprint density at radius 1 is 0.967 bits per heavy atom. The molecule has 0 saturated carbocycles. The SMILES string of the molecule is N[C@H](Cc1ccccc1)C(=O)N1CCNCCNCCNCC1.O=C(O)C(F)(F)F. The van der Waals surface area contributed by atoms with E-state index in [4.69, 9.17) is 15.6 Å². The first-order chi connectivity index (χ1) is 14.2. The van der Waals surface area contributed by atoms with Gasteiger partial charge >= 0.3 is 12.1 Å². The number of nitrogens with one attached hydrogen (secondary N) is 3. The minimum atomic E-state index is -5.08. The van der Waals surface area contributed by atoms with Gasteiger partial charge in [-0.3, -0.25) is 4.79 Å². The van der Waals surface area contributed by atoms with Gasteiger partial charge in [0.25, 0.3) is 0 Å². The minimum Gasteiger partial charge on any atom is -0.475 e. The zero-order chi connectivity index (χ0) is 22.4. The van der Waals surface area contributed by atoms with E-state index in [0.717, 1.165) is 44.8 Å². The van der Waals surface area contributed by atoms with Crippen molar-refractivity contribution in [1.29, 1.82) is 0 Å². The van der Waals surface area contributed by atoms with Crippen molar-refractivity contribution in [3.63, 3.8) is 0 Å². The Labute approximate surface area is 174 Å². The number of nitrogens with zero attached hydrogens (tertiary/aromatic N) is 1. The molecular formula is C19H30F3N5O3. The Hall–Kier alpha value is -2.21. The van der Waals surface area contributed by atoms with Crippen LogP contribution in [-0.4, -0.2) is 86.5 Å². The molecule has 6 N–H and O–H groups in total. The largest absolute Gasteiger partial charge is 0.490 e. The van der Waals surface area contributed by atoms with Crippen LogP contribution in [0, 0.1) is 0 Å². The van der Waals surface area contributed by atoms with Crippen LogP contribution in [0.15, 0.2) is 30.3 Å². The van der Waals surface area contributed by atoms with Crippen molar-refractivity contribution in [3.05, 3.63) is 35.9 Å².